The molecule has 5 nitrogen and oxygen atoms in total. The maximum atomic E-state index is 12.6. The number of nitrogens with one attached hydrogen (secondary N) is 1. The molecule has 0 aliphatic heterocycles. The van der Waals surface area contributed by atoms with Crippen LogP contribution in [-0.4, -0.2) is 20.4 Å². The Balaban J connectivity index is 1.76. The fourth-order valence-corrected chi connectivity index (χ4v) is 2.61. The van der Waals surface area contributed by atoms with Gasteiger partial charge in [-0.15, -0.1) is 0 Å². The summed E-state index contributed by atoms with van der Waals surface area (Å²) in [5, 5.41) is 2.84. The van der Waals surface area contributed by atoms with Crippen LogP contribution in [0.1, 0.15) is 40.9 Å². The molecule has 0 bridgehead atoms. The van der Waals surface area contributed by atoms with Gasteiger partial charge in [-0.05, 0) is 42.7 Å². The molecule has 136 valence electrons. The van der Waals surface area contributed by atoms with Crippen LogP contribution in [-0.2, 0) is 6.54 Å². The Morgan fingerprint density at radius 3 is 2.85 bits per heavy atom. The van der Waals surface area contributed by atoms with Gasteiger partial charge in [-0.25, -0.2) is 4.98 Å². The summed E-state index contributed by atoms with van der Waals surface area (Å²) in [5.74, 6) is 7.06. The van der Waals surface area contributed by atoms with Crippen LogP contribution in [0.4, 0.5) is 5.82 Å². The highest BCUT2D eigenvalue weighted by Gasteiger charge is 2.10. The topological polar surface area (TPSA) is 59.8 Å². The van der Waals surface area contributed by atoms with Crippen molar-refractivity contribution in [3.8, 4) is 11.8 Å². The first-order valence-corrected chi connectivity index (χ1v) is 8.87. The quantitative estimate of drug-likeness (QED) is 0.720. The number of amides is 1. The first-order valence-electron chi connectivity index (χ1n) is 8.87. The maximum Gasteiger partial charge on any atom is 0.256 e. The summed E-state index contributed by atoms with van der Waals surface area (Å²) < 4.78 is 1.97. The molecule has 0 saturated carbocycles. The van der Waals surface area contributed by atoms with E-state index >= 15 is 0 Å². The molecule has 0 aliphatic carbocycles. The monoisotopic (exact) mass is 358 g/mol. The van der Waals surface area contributed by atoms with E-state index in [9.17, 15) is 4.79 Å². The lowest BCUT2D eigenvalue weighted by Crippen LogP contribution is -2.12. The van der Waals surface area contributed by atoms with Crippen LogP contribution < -0.4 is 5.32 Å². The molecule has 0 spiro atoms. The second-order valence-corrected chi connectivity index (χ2v) is 6.83. The van der Waals surface area contributed by atoms with Crippen LogP contribution >= 0.6 is 0 Å². The van der Waals surface area contributed by atoms with Crippen molar-refractivity contribution in [1.82, 2.24) is 14.5 Å². The molecule has 0 aliphatic rings. The highest BCUT2D eigenvalue weighted by molar-refractivity contribution is 6.04. The highest BCUT2D eigenvalue weighted by atomic mass is 16.1. The number of imidazole rings is 1. The SMILES string of the molecule is Cc1ccc(C(=O)Nc2cn(CC(C)C)cn2)cc1C#Cc1cccnc1. The van der Waals surface area contributed by atoms with Crippen molar-refractivity contribution in [2.75, 3.05) is 5.32 Å². The van der Waals surface area contributed by atoms with Gasteiger partial charge in [-0.1, -0.05) is 31.8 Å². The van der Waals surface area contributed by atoms with E-state index in [0.717, 1.165) is 23.2 Å². The van der Waals surface area contributed by atoms with Gasteiger partial charge in [0.1, 0.15) is 0 Å². The molecule has 0 unspecified atom stereocenters. The number of carbonyl (C=O) groups is 1. The van der Waals surface area contributed by atoms with Crippen LogP contribution in [0.25, 0.3) is 0 Å². The molecule has 27 heavy (non-hydrogen) atoms. The van der Waals surface area contributed by atoms with Gasteiger partial charge in [0.15, 0.2) is 5.82 Å². The predicted octanol–water partition coefficient (Wildman–Crippen LogP) is 3.89. The lowest BCUT2D eigenvalue weighted by atomic mass is 10.0. The van der Waals surface area contributed by atoms with Crippen molar-refractivity contribution in [1.29, 1.82) is 0 Å². The number of aromatic nitrogens is 3. The van der Waals surface area contributed by atoms with Crippen molar-refractivity contribution < 1.29 is 4.79 Å². The minimum atomic E-state index is -0.200. The van der Waals surface area contributed by atoms with Gasteiger partial charge in [0.05, 0.1) is 6.33 Å². The summed E-state index contributed by atoms with van der Waals surface area (Å²) in [4.78, 5) is 20.9. The normalized spacial score (nSPS) is 10.4. The summed E-state index contributed by atoms with van der Waals surface area (Å²) >= 11 is 0. The van der Waals surface area contributed by atoms with Crippen molar-refractivity contribution in [3.05, 3.63) is 77.5 Å². The van der Waals surface area contributed by atoms with E-state index < -0.39 is 0 Å². The van der Waals surface area contributed by atoms with E-state index in [1.165, 1.54) is 0 Å². The third kappa shape index (κ3) is 5.05. The van der Waals surface area contributed by atoms with Gasteiger partial charge in [0.2, 0.25) is 0 Å². The number of aryl methyl sites for hydroxylation is 1. The van der Waals surface area contributed by atoms with Crippen LogP contribution in [0, 0.1) is 24.7 Å². The third-order valence-electron chi connectivity index (χ3n) is 3.95. The molecule has 2 heterocycles. The molecule has 0 saturated heterocycles. The number of carbonyl (C=O) groups excluding carboxylic acids is 1. The first kappa shape index (κ1) is 18.4. The molecular formula is C22H22N4O. The molecule has 1 amide bonds. The van der Waals surface area contributed by atoms with Crippen LogP contribution in [0.2, 0.25) is 0 Å². The van der Waals surface area contributed by atoms with Crippen LogP contribution in [0.3, 0.4) is 0 Å². The predicted molar refractivity (Wildman–Crippen MR) is 106 cm³/mol. The molecule has 0 atom stereocenters. The molecule has 1 N–H and O–H groups in total. The zero-order valence-electron chi connectivity index (χ0n) is 15.7. The standard InChI is InChI=1S/C22H22N4O/c1-16(2)13-26-14-21(24-15-26)25-22(27)20-8-6-17(3)19(11-20)9-7-18-5-4-10-23-12-18/h4-6,8,10-12,14-16H,13H2,1-3H3,(H,25,27). The van der Waals surface area contributed by atoms with Gasteiger partial charge in [-0.3, -0.25) is 9.78 Å². The Morgan fingerprint density at radius 1 is 1.26 bits per heavy atom. The minimum absolute atomic E-state index is 0.200. The summed E-state index contributed by atoms with van der Waals surface area (Å²) in [6.07, 6.45) is 7.00. The fourth-order valence-electron chi connectivity index (χ4n) is 2.61. The molecular weight excluding hydrogens is 336 g/mol. The van der Waals surface area contributed by atoms with E-state index in [1.54, 1.807) is 30.9 Å². The molecule has 3 aromatic rings. The number of anilines is 1. The molecule has 0 radical (unpaired) electrons. The third-order valence-corrected chi connectivity index (χ3v) is 3.95. The Bertz CT molecular complexity index is 994. The number of rotatable bonds is 4. The average Bonchev–Trinajstić information content (AvgIpc) is 3.07. The highest BCUT2D eigenvalue weighted by Crippen LogP contribution is 2.13. The van der Waals surface area contributed by atoms with Gasteiger partial charge >= 0.3 is 0 Å². The Hall–Kier alpha value is -3.39. The first-order chi connectivity index (χ1) is 13.0. The summed E-state index contributed by atoms with van der Waals surface area (Å²) in [7, 11) is 0. The number of benzene rings is 1. The molecule has 3 rings (SSSR count). The lowest BCUT2D eigenvalue weighted by Gasteiger charge is -2.06. The molecule has 2 aromatic heterocycles. The van der Waals surface area contributed by atoms with E-state index in [4.69, 9.17) is 0 Å². The molecule has 1 aromatic carbocycles. The van der Waals surface area contributed by atoms with E-state index in [0.29, 0.717) is 17.3 Å². The Kier molecular flexibility index (Phi) is 5.68. The van der Waals surface area contributed by atoms with Crippen LogP contribution in [0.5, 0.6) is 0 Å². The number of hydrogen-bond donors (Lipinski definition) is 1. The van der Waals surface area contributed by atoms with Gasteiger partial charge in [0.25, 0.3) is 5.91 Å². The van der Waals surface area contributed by atoms with Gasteiger partial charge < -0.3 is 9.88 Å². The number of nitrogens with zero attached hydrogens (tertiary/aromatic N) is 3. The summed E-state index contributed by atoms with van der Waals surface area (Å²) in [6, 6.07) is 9.25. The zero-order valence-corrected chi connectivity index (χ0v) is 15.7. The Labute approximate surface area is 159 Å². The fraction of sp³-hybridized carbons (Fsp3) is 0.227. The summed E-state index contributed by atoms with van der Waals surface area (Å²) in [6.45, 7) is 7.11. The number of hydrogen-bond acceptors (Lipinski definition) is 3. The average molecular weight is 358 g/mol. The minimum Gasteiger partial charge on any atom is -0.335 e. The van der Waals surface area contributed by atoms with E-state index in [2.05, 4.69) is 41.0 Å². The second-order valence-electron chi connectivity index (χ2n) is 6.83. The van der Waals surface area contributed by atoms with Crippen molar-refractivity contribution in [3.63, 3.8) is 0 Å². The number of pyridine rings is 1. The Morgan fingerprint density at radius 2 is 2.11 bits per heavy atom. The molecule has 0 fully saturated rings. The lowest BCUT2D eigenvalue weighted by molar-refractivity contribution is 0.102. The van der Waals surface area contributed by atoms with Crippen molar-refractivity contribution >= 4 is 11.7 Å². The van der Waals surface area contributed by atoms with Crippen LogP contribution in [0.15, 0.2) is 55.2 Å². The van der Waals surface area contributed by atoms with E-state index in [-0.39, 0.29) is 5.91 Å². The van der Waals surface area contributed by atoms with Crippen molar-refractivity contribution in [2.24, 2.45) is 5.92 Å². The van der Waals surface area contributed by atoms with E-state index in [1.807, 2.05) is 35.9 Å². The van der Waals surface area contributed by atoms with Gasteiger partial charge in [0, 0.05) is 41.8 Å². The summed E-state index contributed by atoms with van der Waals surface area (Å²) in [5.41, 5.74) is 3.22. The zero-order chi connectivity index (χ0) is 19.2. The van der Waals surface area contributed by atoms with Gasteiger partial charge in [-0.2, -0.15) is 0 Å². The second kappa shape index (κ2) is 8.33. The largest absolute Gasteiger partial charge is 0.335 e. The smallest absolute Gasteiger partial charge is 0.256 e. The maximum absolute atomic E-state index is 12.6. The molecule has 5 heteroatoms. The van der Waals surface area contributed by atoms with Crippen molar-refractivity contribution in [2.45, 2.75) is 27.3 Å².